The van der Waals surface area contributed by atoms with Crippen LogP contribution in [0.3, 0.4) is 0 Å². The first-order chi connectivity index (χ1) is 8.22. The maximum atomic E-state index is 13.7. The van der Waals surface area contributed by atoms with E-state index in [4.69, 9.17) is 0 Å². The van der Waals surface area contributed by atoms with Gasteiger partial charge in [0.15, 0.2) is 0 Å². The van der Waals surface area contributed by atoms with E-state index in [0.29, 0.717) is 0 Å². The molecule has 0 aromatic carbocycles. The monoisotopic (exact) mass is 294 g/mol. The molecule has 0 aliphatic rings. The van der Waals surface area contributed by atoms with Crippen molar-refractivity contribution in [1.82, 2.24) is 0 Å². The molecule has 4 nitrogen and oxygen atoms in total. The Kier molecular flexibility index (Phi) is 6.88. The minimum atomic E-state index is -5.11. The van der Waals surface area contributed by atoms with Gasteiger partial charge in [-0.25, -0.2) is 0 Å². The Balaban J connectivity index is 5.58. The average molecular weight is 294 g/mol. The molecule has 0 aliphatic heterocycles. The first-order valence-corrected chi connectivity index (χ1v) is 6.76. The molecule has 0 N–H and O–H groups in total. The molecular formula is C9H15F4O4P. The van der Waals surface area contributed by atoms with Crippen LogP contribution < -0.4 is 0 Å². The molecule has 0 rings (SSSR count). The summed E-state index contributed by atoms with van der Waals surface area (Å²) in [5, 5.41) is 0. The molecular weight excluding hydrogens is 279 g/mol. The number of allylic oxidation sites excluding steroid dienone is 1. The summed E-state index contributed by atoms with van der Waals surface area (Å²) < 4.78 is 76.2. The highest BCUT2D eigenvalue weighted by Crippen LogP contribution is 2.59. The topological polar surface area (TPSA) is 44.8 Å². The molecule has 0 heterocycles. The van der Waals surface area contributed by atoms with Gasteiger partial charge in [0.25, 0.3) is 5.57 Å². The van der Waals surface area contributed by atoms with Gasteiger partial charge < -0.3 is 13.8 Å². The maximum Gasteiger partial charge on any atom is 0.452 e. The van der Waals surface area contributed by atoms with Crippen LogP contribution in [-0.4, -0.2) is 26.0 Å². The molecule has 9 heteroatoms. The molecule has 0 unspecified atom stereocenters. The Labute approximate surface area is 102 Å². The van der Waals surface area contributed by atoms with Crippen molar-refractivity contribution >= 4 is 7.60 Å². The Morgan fingerprint density at radius 3 is 1.78 bits per heavy atom. The zero-order valence-electron chi connectivity index (χ0n) is 10.2. The Hall–Kier alpha value is -0.590. The van der Waals surface area contributed by atoms with E-state index in [1.54, 1.807) is 0 Å². The average Bonchev–Trinajstić information content (AvgIpc) is 2.24. The summed E-state index contributed by atoms with van der Waals surface area (Å²) in [6.07, 6.45) is -5.11. The second kappa shape index (κ2) is 7.11. The first-order valence-electron chi connectivity index (χ1n) is 5.22. The fourth-order valence-corrected chi connectivity index (χ4v) is 2.44. The van der Waals surface area contributed by atoms with Crippen molar-refractivity contribution in [3.05, 3.63) is 11.3 Å². The SMILES string of the molecule is CCOC(=C(F)P(=O)(OCC)OCC)C(F)(F)F. The molecule has 0 fully saturated rings. The minimum Gasteiger partial charge on any atom is -0.487 e. The molecule has 0 radical (unpaired) electrons. The van der Waals surface area contributed by atoms with Crippen LogP contribution >= 0.6 is 7.60 Å². The summed E-state index contributed by atoms with van der Waals surface area (Å²) in [5.41, 5.74) is -2.06. The predicted molar refractivity (Wildman–Crippen MR) is 56.7 cm³/mol. The van der Waals surface area contributed by atoms with E-state index >= 15 is 0 Å². The van der Waals surface area contributed by atoms with E-state index in [9.17, 15) is 22.1 Å². The lowest BCUT2D eigenvalue weighted by atomic mass is 10.5. The lowest BCUT2D eigenvalue weighted by Crippen LogP contribution is -2.17. The van der Waals surface area contributed by atoms with Crippen LogP contribution in [0, 0.1) is 0 Å². The van der Waals surface area contributed by atoms with Gasteiger partial charge >= 0.3 is 13.8 Å². The summed E-state index contributed by atoms with van der Waals surface area (Å²) in [5.74, 6) is -1.98. The fourth-order valence-electron chi connectivity index (χ4n) is 1.02. The quantitative estimate of drug-likeness (QED) is 0.404. The Morgan fingerprint density at radius 2 is 1.50 bits per heavy atom. The molecule has 0 atom stereocenters. The second-order valence-corrected chi connectivity index (χ2v) is 4.79. The van der Waals surface area contributed by atoms with Crippen molar-refractivity contribution in [1.29, 1.82) is 0 Å². The molecule has 108 valence electrons. The highest BCUT2D eigenvalue weighted by molar-refractivity contribution is 7.58. The van der Waals surface area contributed by atoms with E-state index in [1.165, 1.54) is 20.8 Å². The molecule has 0 amide bonds. The van der Waals surface area contributed by atoms with Gasteiger partial charge in [0, 0.05) is 0 Å². The number of ether oxygens (including phenoxy) is 1. The third kappa shape index (κ3) is 4.59. The van der Waals surface area contributed by atoms with Gasteiger partial charge in [-0.05, 0) is 20.8 Å². The zero-order chi connectivity index (χ0) is 14.4. The number of halogens is 4. The molecule has 18 heavy (non-hydrogen) atoms. The van der Waals surface area contributed by atoms with Crippen molar-refractivity contribution in [3.63, 3.8) is 0 Å². The van der Waals surface area contributed by atoms with E-state index in [0.717, 1.165) is 0 Å². The molecule has 0 aliphatic carbocycles. The molecule has 0 aromatic rings. The van der Waals surface area contributed by atoms with Gasteiger partial charge in [-0.15, -0.1) is 0 Å². The van der Waals surface area contributed by atoms with Crippen LogP contribution in [0.1, 0.15) is 20.8 Å². The fraction of sp³-hybridized carbons (Fsp3) is 0.778. The summed E-state index contributed by atoms with van der Waals surface area (Å²) >= 11 is 0. The molecule has 0 saturated heterocycles. The van der Waals surface area contributed by atoms with E-state index < -0.39 is 31.7 Å². The highest BCUT2D eigenvalue weighted by Gasteiger charge is 2.46. The second-order valence-electron chi connectivity index (χ2n) is 2.88. The van der Waals surface area contributed by atoms with Crippen molar-refractivity contribution in [2.75, 3.05) is 19.8 Å². The van der Waals surface area contributed by atoms with Crippen LogP contribution in [0.4, 0.5) is 17.6 Å². The lowest BCUT2D eigenvalue weighted by molar-refractivity contribution is -0.132. The van der Waals surface area contributed by atoms with Crippen LogP contribution in [0.15, 0.2) is 11.3 Å². The number of hydrogen-bond acceptors (Lipinski definition) is 4. The summed E-state index contributed by atoms with van der Waals surface area (Å²) in [6.45, 7) is 3.00. The zero-order valence-corrected chi connectivity index (χ0v) is 11.1. The van der Waals surface area contributed by atoms with Crippen molar-refractivity contribution in [2.45, 2.75) is 26.9 Å². The predicted octanol–water partition coefficient (Wildman–Crippen LogP) is 3.99. The van der Waals surface area contributed by atoms with Gasteiger partial charge in [-0.1, -0.05) is 0 Å². The summed E-state index contributed by atoms with van der Waals surface area (Å²) in [7, 11) is -4.62. The first kappa shape index (κ1) is 17.4. The van der Waals surface area contributed by atoms with Crippen LogP contribution in [0.25, 0.3) is 0 Å². The van der Waals surface area contributed by atoms with Crippen LogP contribution in [0.2, 0.25) is 0 Å². The Morgan fingerprint density at radius 1 is 1.06 bits per heavy atom. The van der Waals surface area contributed by atoms with Gasteiger partial charge in [0.05, 0.1) is 19.8 Å². The van der Waals surface area contributed by atoms with Gasteiger partial charge in [0.1, 0.15) is 0 Å². The van der Waals surface area contributed by atoms with Crippen LogP contribution in [0.5, 0.6) is 0 Å². The normalized spacial score (nSPS) is 14.4. The minimum absolute atomic E-state index is 0.262. The molecule has 0 saturated carbocycles. The molecule has 0 aromatic heterocycles. The van der Waals surface area contributed by atoms with Crippen LogP contribution in [-0.2, 0) is 18.3 Å². The summed E-state index contributed by atoms with van der Waals surface area (Å²) in [4.78, 5) is 0. The maximum absolute atomic E-state index is 13.7. The standard InChI is InChI=1S/C9H15F4O4P/c1-4-15-7(9(11,12)13)8(10)18(14,16-5-2)17-6-3/h4-6H2,1-3H3. The largest absolute Gasteiger partial charge is 0.487 e. The van der Waals surface area contributed by atoms with E-state index in [2.05, 4.69) is 13.8 Å². The summed E-state index contributed by atoms with van der Waals surface area (Å²) in [6, 6.07) is 0. The van der Waals surface area contributed by atoms with E-state index in [-0.39, 0.29) is 13.2 Å². The molecule has 0 bridgehead atoms. The number of alkyl halides is 3. The van der Waals surface area contributed by atoms with Crippen molar-refractivity contribution < 1.29 is 35.9 Å². The highest BCUT2D eigenvalue weighted by atomic mass is 31.2. The third-order valence-electron chi connectivity index (χ3n) is 1.57. The van der Waals surface area contributed by atoms with Crippen molar-refractivity contribution in [2.24, 2.45) is 0 Å². The van der Waals surface area contributed by atoms with Gasteiger partial charge in [-0.2, -0.15) is 17.6 Å². The molecule has 0 spiro atoms. The Bertz CT molecular complexity index is 330. The van der Waals surface area contributed by atoms with Gasteiger partial charge in [-0.3, -0.25) is 4.57 Å². The van der Waals surface area contributed by atoms with Crippen molar-refractivity contribution in [3.8, 4) is 0 Å². The number of hydrogen-bond donors (Lipinski definition) is 0. The van der Waals surface area contributed by atoms with Gasteiger partial charge in [0.2, 0.25) is 5.76 Å². The smallest absolute Gasteiger partial charge is 0.452 e. The van der Waals surface area contributed by atoms with E-state index in [1.807, 2.05) is 0 Å². The number of rotatable bonds is 7. The lowest BCUT2D eigenvalue weighted by Gasteiger charge is -2.19. The third-order valence-corrected chi connectivity index (χ3v) is 3.45.